The van der Waals surface area contributed by atoms with Gasteiger partial charge in [-0.05, 0) is 57.8 Å². The largest absolute Gasteiger partial charge is 0.480 e. The van der Waals surface area contributed by atoms with E-state index in [0.29, 0.717) is 12.8 Å². The van der Waals surface area contributed by atoms with Crippen molar-refractivity contribution in [2.45, 2.75) is 167 Å². The number of aliphatic hydroxyl groups excluding tert-OH is 1. The minimum atomic E-state index is -1.38. The van der Waals surface area contributed by atoms with Crippen molar-refractivity contribution in [1.29, 1.82) is 0 Å². The molecule has 0 aliphatic rings. The highest BCUT2D eigenvalue weighted by atomic mass is 16.5. The van der Waals surface area contributed by atoms with Gasteiger partial charge in [0.05, 0.1) is 13.2 Å². The summed E-state index contributed by atoms with van der Waals surface area (Å²) in [4.78, 5) is 47.1. The third kappa shape index (κ3) is 26.9. The number of carbonyl (C=O) groups excluding carboxylic acids is 3. The Labute approximate surface area is 261 Å². The fraction of sp³-hybridized carbons (Fsp3) is 0.824. The van der Waals surface area contributed by atoms with E-state index in [1.165, 1.54) is 57.8 Å². The molecule has 2 atom stereocenters. The number of nitrogens with one attached hydrogen (secondary N) is 2. The molecule has 0 aromatic heterocycles. The van der Waals surface area contributed by atoms with Gasteiger partial charge in [-0.25, -0.2) is 4.79 Å². The molecule has 0 aliphatic heterocycles. The second-order valence-corrected chi connectivity index (χ2v) is 11.6. The van der Waals surface area contributed by atoms with E-state index < -0.39 is 24.5 Å². The van der Waals surface area contributed by atoms with Gasteiger partial charge in [-0.2, -0.15) is 0 Å². The Hall–Kier alpha value is -2.42. The van der Waals surface area contributed by atoms with E-state index in [2.05, 4.69) is 36.6 Å². The number of carbonyl (C=O) groups is 4. The highest BCUT2D eigenvalue weighted by Gasteiger charge is 2.19. The lowest BCUT2D eigenvalue weighted by molar-refractivity contribution is -0.150. The molecule has 0 rings (SSSR count). The molecule has 0 saturated carbocycles. The van der Waals surface area contributed by atoms with E-state index in [1.54, 1.807) is 0 Å². The Balaban J connectivity index is 4.16. The number of allylic oxidation sites excluding steroid dienone is 2. The molecule has 0 aromatic rings. The van der Waals surface area contributed by atoms with Crippen LogP contribution in [0, 0.1) is 0 Å². The fourth-order valence-electron chi connectivity index (χ4n) is 4.81. The molecule has 0 radical (unpaired) electrons. The number of amides is 2. The first kappa shape index (κ1) is 40.6. The molecule has 0 aliphatic carbocycles. The van der Waals surface area contributed by atoms with Crippen molar-refractivity contribution in [3.05, 3.63) is 12.2 Å². The van der Waals surface area contributed by atoms with E-state index in [1.807, 2.05) is 0 Å². The lowest BCUT2D eigenvalue weighted by Gasteiger charge is -2.18. The maximum atomic E-state index is 12.5. The summed E-state index contributed by atoms with van der Waals surface area (Å²) in [7, 11) is 0. The van der Waals surface area contributed by atoms with Crippen molar-refractivity contribution in [1.82, 2.24) is 10.6 Å². The number of hydrogen-bond acceptors (Lipinski definition) is 6. The summed E-state index contributed by atoms with van der Waals surface area (Å²) >= 11 is 0. The molecule has 0 saturated heterocycles. The Morgan fingerprint density at radius 3 is 1.81 bits per heavy atom. The molecule has 250 valence electrons. The van der Waals surface area contributed by atoms with Crippen LogP contribution in [0.3, 0.4) is 0 Å². The van der Waals surface area contributed by atoms with Crippen molar-refractivity contribution in [3.63, 3.8) is 0 Å². The Morgan fingerprint density at radius 2 is 1.21 bits per heavy atom. The molecule has 0 spiro atoms. The van der Waals surface area contributed by atoms with Gasteiger partial charge in [-0.15, -0.1) is 0 Å². The summed E-state index contributed by atoms with van der Waals surface area (Å²) in [5.41, 5.74) is 0. The van der Waals surface area contributed by atoms with Crippen molar-refractivity contribution in [2.24, 2.45) is 0 Å². The van der Waals surface area contributed by atoms with Gasteiger partial charge in [0.1, 0.15) is 12.1 Å². The average Bonchev–Trinajstić information content (AvgIpc) is 2.98. The number of hydrogen-bond donors (Lipinski definition) is 4. The SMILES string of the molecule is CCCC/C=C\CCCCCCCC(=O)OC(CCCCCCC)CCCCCCC(=O)NCC(=O)NC(CO)C(=O)O. The van der Waals surface area contributed by atoms with Crippen molar-refractivity contribution >= 4 is 23.8 Å². The Kier molecular flexibility index (Phi) is 28.0. The van der Waals surface area contributed by atoms with E-state index in [0.717, 1.165) is 64.2 Å². The number of ether oxygens (including phenoxy) is 1. The molecule has 0 bridgehead atoms. The van der Waals surface area contributed by atoms with Gasteiger partial charge < -0.3 is 25.6 Å². The minimum Gasteiger partial charge on any atom is -0.480 e. The predicted octanol–water partition coefficient (Wildman–Crippen LogP) is 6.75. The van der Waals surface area contributed by atoms with Gasteiger partial charge in [-0.1, -0.05) is 96.6 Å². The van der Waals surface area contributed by atoms with E-state index in [-0.39, 0.29) is 30.9 Å². The molecule has 9 nitrogen and oxygen atoms in total. The summed E-state index contributed by atoms with van der Waals surface area (Å²) in [5.74, 6) is -2.35. The Bertz CT molecular complexity index is 757. The van der Waals surface area contributed by atoms with Crippen LogP contribution in [0.25, 0.3) is 0 Å². The highest BCUT2D eigenvalue weighted by molar-refractivity contribution is 5.87. The zero-order valence-corrected chi connectivity index (χ0v) is 27.2. The molecule has 2 amide bonds. The normalized spacial score (nSPS) is 12.6. The number of carboxylic acids is 1. The molecule has 4 N–H and O–H groups in total. The zero-order valence-electron chi connectivity index (χ0n) is 27.2. The molecule has 43 heavy (non-hydrogen) atoms. The summed E-state index contributed by atoms with van der Waals surface area (Å²) in [5, 5.41) is 22.4. The predicted molar refractivity (Wildman–Crippen MR) is 172 cm³/mol. The summed E-state index contributed by atoms with van der Waals surface area (Å²) in [6, 6.07) is -1.38. The van der Waals surface area contributed by atoms with Crippen LogP contribution in [0.4, 0.5) is 0 Å². The average molecular weight is 611 g/mol. The second kappa shape index (κ2) is 29.6. The van der Waals surface area contributed by atoms with Gasteiger partial charge in [0.2, 0.25) is 11.8 Å². The van der Waals surface area contributed by atoms with Crippen LogP contribution < -0.4 is 10.6 Å². The van der Waals surface area contributed by atoms with Gasteiger partial charge in [0.15, 0.2) is 0 Å². The van der Waals surface area contributed by atoms with Crippen LogP contribution in [0.2, 0.25) is 0 Å². The van der Waals surface area contributed by atoms with Gasteiger partial charge in [0.25, 0.3) is 0 Å². The monoisotopic (exact) mass is 610 g/mol. The summed E-state index contributed by atoms with van der Waals surface area (Å²) in [6.07, 6.45) is 26.8. The topological polar surface area (TPSA) is 142 Å². The number of unbranched alkanes of at least 4 members (excludes halogenated alkanes) is 14. The van der Waals surface area contributed by atoms with Crippen molar-refractivity contribution in [2.75, 3.05) is 13.2 Å². The number of rotatable bonds is 30. The first-order valence-corrected chi connectivity index (χ1v) is 17.1. The van der Waals surface area contributed by atoms with Crippen LogP contribution in [0.5, 0.6) is 0 Å². The van der Waals surface area contributed by atoms with Crippen LogP contribution in [-0.4, -0.2) is 59.3 Å². The maximum absolute atomic E-state index is 12.5. The second-order valence-electron chi connectivity index (χ2n) is 11.6. The van der Waals surface area contributed by atoms with Crippen LogP contribution >= 0.6 is 0 Å². The molecule has 0 fully saturated rings. The standard InChI is InChI=1S/C34H62N2O7/c1-3-5-7-9-10-11-12-13-14-16-22-26-33(40)43-29(23-19-15-8-6-4-2)24-20-17-18-21-25-31(38)35-27-32(39)36-30(28-37)34(41)42/h9-10,29-30,37H,3-8,11-28H2,1-2H3,(H,35,38)(H,36,39)(H,41,42)/b10-9-. The van der Waals surface area contributed by atoms with Crippen molar-refractivity contribution in [3.8, 4) is 0 Å². The lowest BCUT2D eigenvalue weighted by Crippen LogP contribution is -2.47. The minimum absolute atomic E-state index is 0.0380. The number of esters is 1. The van der Waals surface area contributed by atoms with Crippen LogP contribution in [0.1, 0.15) is 155 Å². The quantitative estimate of drug-likeness (QED) is 0.0400. The summed E-state index contributed by atoms with van der Waals surface area (Å²) in [6.45, 7) is 3.37. The van der Waals surface area contributed by atoms with Gasteiger partial charge >= 0.3 is 11.9 Å². The number of aliphatic hydroxyl groups is 1. The smallest absolute Gasteiger partial charge is 0.328 e. The van der Waals surface area contributed by atoms with Crippen molar-refractivity contribution < 1.29 is 34.1 Å². The third-order valence-electron chi connectivity index (χ3n) is 7.51. The van der Waals surface area contributed by atoms with Gasteiger partial charge in [0, 0.05) is 12.8 Å². The molecule has 0 aromatic carbocycles. The van der Waals surface area contributed by atoms with Crippen LogP contribution in [0.15, 0.2) is 12.2 Å². The van der Waals surface area contributed by atoms with E-state index in [9.17, 15) is 19.2 Å². The molecule has 2 unspecified atom stereocenters. The van der Waals surface area contributed by atoms with Gasteiger partial charge in [-0.3, -0.25) is 14.4 Å². The maximum Gasteiger partial charge on any atom is 0.328 e. The molecule has 0 heterocycles. The molecular formula is C34H62N2O7. The molecular weight excluding hydrogens is 548 g/mol. The first-order valence-electron chi connectivity index (χ1n) is 17.1. The lowest BCUT2D eigenvalue weighted by atomic mass is 10.0. The molecule has 9 heteroatoms. The Morgan fingerprint density at radius 1 is 0.674 bits per heavy atom. The third-order valence-corrected chi connectivity index (χ3v) is 7.51. The number of carboxylic acid groups (broad SMARTS) is 1. The van der Waals surface area contributed by atoms with E-state index in [4.69, 9.17) is 14.9 Å². The fourth-order valence-corrected chi connectivity index (χ4v) is 4.81. The zero-order chi connectivity index (χ0) is 32.0. The highest BCUT2D eigenvalue weighted by Crippen LogP contribution is 2.18. The number of aliphatic carboxylic acids is 1. The van der Waals surface area contributed by atoms with Crippen LogP contribution in [-0.2, 0) is 23.9 Å². The summed E-state index contributed by atoms with van der Waals surface area (Å²) < 4.78 is 5.90. The first-order chi connectivity index (χ1) is 20.8. The van der Waals surface area contributed by atoms with E-state index >= 15 is 0 Å².